The minimum atomic E-state index is -0.508. The van der Waals surface area contributed by atoms with E-state index in [1.165, 1.54) is 12.7 Å². The van der Waals surface area contributed by atoms with Crippen LogP contribution in [0.1, 0.15) is 30.9 Å². The average molecular weight is 230 g/mol. The van der Waals surface area contributed by atoms with Crippen LogP contribution in [0.25, 0.3) is 0 Å². The van der Waals surface area contributed by atoms with Gasteiger partial charge in [-0.1, -0.05) is 32.0 Å². The van der Waals surface area contributed by atoms with Crippen LogP contribution in [-0.2, 0) is 4.74 Å². The van der Waals surface area contributed by atoms with Gasteiger partial charge in [-0.2, -0.15) is 9.98 Å². The van der Waals surface area contributed by atoms with Gasteiger partial charge >= 0.3 is 6.03 Å². The van der Waals surface area contributed by atoms with Crippen LogP contribution in [0, 0.1) is 0 Å². The first-order valence-corrected chi connectivity index (χ1v) is 5.48. The summed E-state index contributed by atoms with van der Waals surface area (Å²) in [5, 5.41) is 0. The number of hydrogen-bond donors (Lipinski definition) is 0. The smallest absolute Gasteiger partial charge is 0.371 e. The Morgan fingerprint density at radius 1 is 1.24 bits per heavy atom. The van der Waals surface area contributed by atoms with E-state index in [4.69, 9.17) is 4.74 Å². The number of amides is 2. The molecule has 0 aliphatic carbocycles. The lowest BCUT2D eigenvalue weighted by atomic mass is 9.99. The molecule has 1 aliphatic heterocycles. The number of urea groups is 1. The van der Waals surface area contributed by atoms with Gasteiger partial charge in [0.1, 0.15) is 5.71 Å². The van der Waals surface area contributed by atoms with E-state index in [2.05, 4.69) is 29.9 Å². The molecule has 1 aromatic rings. The number of hydrogen-bond acceptors (Lipinski definition) is 2. The molecule has 88 valence electrons. The summed E-state index contributed by atoms with van der Waals surface area (Å²) >= 11 is 0. The summed E-state index contributed by atoms with van der Waals surface area (Å²) in [4.78, 5) is 18.7. The highest BCUT2D eigenvalue weighted by molar-refractivity contribution is 6.50. The summed E-state index contributed by atoms with van der Waals surface area (Å²) in [7, 11) is 1.49. The summed E-state index contributed by atoms with van der Waals surface area (Å²) in [6.07, 6.45) is 0. The first-order chi connectivity index (χ1) is 8.11. The predicted octanol–water partition coefficient (Wildman–Crippen LogP) is 2.78. The van der Waals surface area contributed by atoms with Crippen LogP contribution in [-0.4, -0.2) is 24.8 Å². The zero-order chi connectivity index (χ0) is 12.4. The Morgan fingerprint density at radius 2 is 2.00 bits per heavy atom. The van der Waals surface area contributed by atoms with Gasteiger partial charge in [0.05, 0.1) is 7.11 Å². The lowest BCUT2D eigenvalue weighted by Gasteiger charge is -2.08. The zero-order valence-electron chi connectivity index (χ0n) is 10.1. The quantitative estimate of drug-likeness (QED) is 0.784. The highest BCUT2D eigenvalue weighted by Gasteiger charge is 2.21. The van der Waals surface area contributed by atoms with E-state index >= 15 is 0 Å². The third kappa shape index (κ3) is 2.25. The third-order valence-corrected chi connectivity index (χ3v) is 2.63. The normalized spacial score (nSPS) is 14.9. The van der Waals surface area contributed by atoms with E-state index in [-0.39, 0.29) is 5.90 Å². The number of methoxy groups -OCH3 is 1. The molecule has 1 heterocycles. The third-order valence-electron chi connectivity index (χ3n) is 2.63. The van der Waals surface area contributed by atoms with Crippen molar-refractivity contribution in [3.8, 4) is 0 Å². The molecule has 0 N–H and O–H groups in total. The Labute approximate surface area is 100 Å². The van der Waals surface area contributed by atoms with Gasteiger partial charge in [-0.15, -0.1) is 0 Å². The Morgan fingerprint density at radius 3 is 2.65 bits per heavy atom. The van der Waals surface area contributed by atoms with E-state index in [0.717, 1.165) is 5.56 Å². The van der Waals surface area contributed by atoms with Crippen LogP contribution in [0.2, 0.25) is 0 Å². The Bertz CT molecular complexity index is 516. The van der Waals surface area contributed by atoms with Crippen LogP contribution in [0.15, 0.2) is 34.3 Å². The number of aliphatic imine (C=N–C) groups is 2. The molecule has 0 aromatic heterocycles. The minimum Gasteiger partial charge on any atom is -0.479 e. The molecule has 4 heteroatoms. The van der Waals surface area contributed by atoms with E-state index < -0.39 is 6.03 Å². The SMILES string of the molecule is COC1=NC(=O)N=C1c1cccc(C(C)C)c1. The molecule has 0 radical (unpaired) electrons. The van der Waals surface area contributed by atoms with Crippen LogP contribution in [0.5, 0.6) is 0 Å². The van der Waals surface area contributed by atoms with E-state index in [1.807, 2.05) is 18.2 Å². The van der Waals surface area contributed by atoms with Crippen LogP contribution in [0.3, 0.4) is 0 Å². The fourth-order valence-corrected chi connectivity index (χ4v) is 1.68. The Kier molecular flexibility index (Phi) is 3.04. The molecule has 0 unspecified atom stereocenters. The van der Waals surface area contributed by atoms with Crippen molar-refractivity contribution in [1.29, 1.82) is 0 Å². The molecule has 1 aliphatic rings. The maximum Gasteiger partial charge on any atom is 0.371 e. The van der Waals surface area contributed by atoms with Crippen molar-refractivity contribution in [3.05, 3.63) is 35.4 Å². The molecule has 0 saturated carbocycles. The highest BCUT2D eigenvalue weighted by Crippen LogP contribution is 2.18. The molecule has 4 nitrogen and oxygen atoms in total. The van der Waals surface area contributed by atoms with E-state index in [0.29, 0.717) is 11.6 Å². The summed E-state index contributed by atoms with van der Waals surface area (Å²) in [5.41, 5.74) is 2.57. The van der Waals surface area contributed by atoms with Crippen LogP contribution in [0.4, 0.5) is 4.79 Å². The van der Waals surface area contributed by atoms with Gasteiger partial charge in [-0.25, -0.2) is 4.79 Å². The summed E-state index contributed by atoms with van der Waals surface area (Å²) in [6.45, 7) is 4.23. The molecule has 2 amide bonds. The van der Waals surface area contributed by atoms with Gasteiger partial charge in [0.2, 0.25) is 5.90 Å². The second-order valence-corrected chi connectivity index (χ2v) is 4.14. The van der Waals surface area contributed by atoms with Crippen molar-refractivity contribution < 1.29 is 9.53 Å². The van der Waals surface area contributed by atoms with Crippen molar-refractivity contribution in [2.45, 2.75) is 19.8 Å². The number of benzene rings is 1. The van der Waals surface area contributed by atoms with Gasteiger partial charge in [0, 0.05) is 5.56 Å². The van der Waals surface area contributed by atoms with Gasteiger partial charge in [-0.3, -0.25) is 0 Å². The molecular weight excluding hydrogens is 216 g/mol. The standard InChI is InChI=1S/C13H14N2O2/c1-8(2)9-5-4-6-10(7-9)11-12(17-3)15-13(16)14-11/h4-8H,1-3H3. The number of carbonyl (C=O) groups excluding carboxylic acids is 1. The summed E-state index contributed by atoms with van der Waals surface area (Å²) in [6, 6.07) is 7.40. The van der Waals surface area contributed by atoms with Crippen LogP contribution < -0.4 is 0 Å². The van der Waals surface area contributed by atoms with Gasteiger partial charge in [0.15, 0.2) is 0 Å². The maximum atomic E-state index is 11.2. The largest absolute Gasteiger partial charge is 0.479 e. The van der Waals surface area contributed by atoms with Crippen molar-refractivity contribution in [2.24, 2.45) is 9.98 Å². The molecular formula is C13H14N2O2. The second-order valence-electron chi connectivity index (χ2n) is 4.14. The van der Waals surface area contributed by atoms with Crippen molar-refractivity contribution >= 4 is 17.6 Å². The number of ether oxygens (including phenoxy) is 1. The monoisotopic (exact) mass is 230 g/mol. The lowest BCUT2D eigenvalue weighted by Crippen LogP contribution is -2.14. The Balaban J connectivity index is 2.42. The fourth-order valence-electron chi connectivity index (χ4n) is 1.68. The minimum absolute atomic E-state index is 0.288. The van der Waals surface area contributed by atoms with Crippen molar-refractivity contribution in [3.63, 3.8) is 0 Å². The van der Waals surface area contributed by atoms with Gasteiger partial charge in [-0.05, 0) is 17.5 Å². The fraction of sp³-hybridized carbons (Fsp3) is 0.308. The molecule has 17 heavy (non-hydrogen) atoms. The molecule has 2 rings (SSSR count). The average Bonchev–Trinajstić information content (AvgIpc) is 2.70. The maximum absolute atomic E-state index is 11.2. The number of rotatable bonds is 2. The highest BCUT2D eigenvalue weighted by atomic mass is 16.5. The zero-order valence-corrected chi connectivity index (χ0v) is 10.1. The van der Waals surface area contributed by atoms with Gasteiger partial charge in [0.25, 0.3) is 0 Å². The molecule has 0 fully saturated rings. The summed E-state index contributed by atoms with van der Waals surface area (Å²) in [5.74, 6) is 0.714. The molecule has 0 bridgehead atoms. The van der Waals surface area contributed by atoms with Crippen molar-refractivity contribution in [1.82, 2.24) is 0 Å². The van der Waals surface area contributed by atoms with Gasteiger partial charge < -0.3 is 4.74 Å². The van der Waals surface area contributed by atoms with Crippen molar-refractivity contribution in [2.75, 3.05) is 7.11 Å². The molecule has 1 aromatic carbocycles. The number of nitrogens with zero attached hydrogens (tertiary/aromatic N) is 2. The van der Waals surface area contributed by atoms with Crippen LogP contribution >= 0.6 is 0 Å². The number of carbonyl (C=O) groups is 1. The second kappa shape index (κ2) is 4.49. The van der Waals surface area contributed by atoms with E-state index in [9.17, 15) is 4.79 Å². The predicted molar refractivity (Wildman–Crippen MR) is 66.9 cm³/mol. The first kappa shape index (κ1) is 11.5. The molecule has 0 atom stereocenters. The Hall–Kier alpha value is -1.97. The topological polar surface area (TPSA) is 51.0 Å². The molecule has 0 saturated heterocycles. The summed E-state index contributed by atoms with van der Waals surface area (Å²) < 4.78 is 5.05. The lowest BCUT2D eigenvalue weighted by molar-refractivity contribution is 0.257. The first-order valence-electron chi connectivity index (χ1n) is 5.48. The van der Waals surface area contributed by atoms with E-state index in [1.54, 1.807) is 0 Å². The molecule has 0 spiro atoms.